The molecule has 1 saturated heterocycles. The fourth-order valence-electron chi connectivity index (χ4n) is 1.94. The summed E-state index contributed by atoms with van der Waals surface area (Å²) in [7, 11) is 3.16. The molecule has 0 radical (unpaired) electrons. The van der Waals surface area contributed by atoms with Crippen LogP contribution in [0.2, 0.25) is 0 Å². The molecule has 4 nitrogen and oxygen atoms in total. The zero-order valence-electron chi connectivity index (χ0n) is 10.8. The summed E-state index contributed by atoms with van der Waals surface area (Å²) in [4.78, 5) is 16.1. The second kappa shape index (κ2) is 5.52. The Balaban J connectivity index is 2.13. The van der Waals surface area contributed by atoms with Crippen molar-refractivity contribution < 1.29 is 9.00 Å². The molecular formula is C13H18N2O2S. The van der Waals surface area contributed by atoms with Crippen LogP contribution in [0.4, 0.5) is 5.69 Å². The summed E-state index contributed by atoms with van der Waals surface area (Å²) >= 11 is 0. The van der Waals surface area contributed by atoms with Crippen LogP contribution < -0.4 is 4.90 Å². The molecule has 2 rings (SSSR count). The minimum atomic E-state index is -0.748. The number of amides is 1. The molecule has 1 aromatic rings. The van der Waals surface area contributed by atoms with Crippen LogP contribution >= 0.6 is 0 Å². The van der Waals surface area contributed by atoms with E-state index < -0.39 is 10.8 Å². The maximum Gasteiger partial charge on any atom is 0.253 e. The van der Waals surface area contributed by atoms with Crippen LogP contribution in [0, 0.1) is 0 Å². The van der Waals surface area contributed by atoms with Crippen molar-refractivity contribution in [2.75, 3.05) is 43.6 Å². The zero-order valence-corrected chi connectivity index (χ0v) is 11.6. The van der Waals surface area contributed by atoms with Crippen molar-refractivity contribution >= 4 is 22.4 Å². The maximum atomic E-state index is 12.3. The van der Waals surface area contributed by atoms with Gasteiger partial charge in [0.1, 0.15) is 0 Å². The first kappa shape index (κ1) is 13.1. The molecule has 0 aliphatic carbocycles. The van der Waals surface area contributed by atoms with E-state index in [4.69, 9.17) is 0 Å². The number of hydrogen-bond donors (Lipinski definition) is 0. The van der Waals surface area contributed by atoms with Crippen LogP contribution in [0.25, 0.3) is 0 Å². The highest BCUT2D eigenvalue weighted by molar-refractivity contribution is 7.85. The van der Waals surface area contributed by atoms with Crippen LogP contribution in [-0.4, -0.2) is 53.7 Å². The maximum absolute atomic E-state index is 12.3. The molecule has 0 bridgehead atoms. The summed E-state index contributed by atoms with van der Waals surface area (Å²) in [6.07, 6.45) is 0. The summed E-state index contributed by atoms with van der Waals surface area (Å²) in [5, 5.41) is 0. The van der Waals surface area contributed by atoms with E-state index >= 15 is 0 Å². The third kappa shape index (κ3) is 2.90. The number of nitrogens with zero attached hydrogens (tertiary/aromatic N) is 2. The highest BCUT2D eigenvalue weighted by Crippen LogP contribution is 2.15. The second-order valence-electron chi connectivity index (χ2n) is 4.59. The minimum absolute atomic E-state index is 0.0374. The third-order valence-corrected chi connectivity index (χ3v) is 4.35. The van der Waals surface area contributed by atoms with Crippen LogP contribution in [0.3, 0.4) is 0 Å². The van der Waals surface area contributed by atoms with Gasteiger partial charge in [-0.25, -0.2) is 0 Å². The van der Waals surface area contributed by atoms with Crippen LogP contribution in [-0.2, 0) is 10.8 Å². The van der Waals surface area contributed by atoms with E-state index in [1.165, 1.54) is 0 Å². The lowest BCUT2D eigenvalue weighted by atomic mass is 10.1. The molecule has 0 saturated carbocycles. The fourth-order valence-corrected chi connectivity index (χ4v) is 2.99. The van der Waals surface area contributed by atoms with Gasteiger partial charge in [0.25, 0.3) is 5.91 Å². The predicted molar refractivity (Wildman–Crippen MR) is 74.5 cm³/mol. The van der Waals surface area contributed by atoms with E-state index in [-0.39, 0.29) is 5.91 Å². The normalized spacial score (nSPS) is 16.7. The highest BCUT2D eigenvalue weighted by atomic mass is 32.2. The lowest BCUT2D eigenvalue weighted by Crippen LogP contribution is -2.41. The molecule has 0 atom stereocenters. The molecule has 0 spiro atoms. The van der Waals surface area contributed by atoms with Crippen LogP contribution in [0.15, 0.2) is 24.3 Å². The number of anilines is 1. The topological polar surface area (TPSA) is 40.6 Å². The average Bonchev–Trinajstić information content (AvgIpc) is 2.39. The molecule has 1 aliphatic heterocycles. The first-order chi connectivity index (χ1) is 8.58. The first-order valence-corrected chi connectivity index (χ1v) is 7.48. The van der Waals surface area contributed by atoms with Gasteiger partial charge in [0, 0.05) is 60.7 Å². The molecule has 1 heterocycles. The van der Waals surface area contributed by atoms with Crippen LogP contribution in [0.5, 0.6) is 0 Å². The Morgan fingerprint density at radius 2 is 1.94 bits per heavy atom. The van der Waals surface area contributed by atoms with E-state index in [9.17, 15) is 9.00 Å². The summed E-state index contributed by atoms with van der Waals surface area (Å²) < 4.78 is 11.3. The van der Waals surface area contributed by atoms with E-state index in [1.54, 1.807) is 4.90 Å². The number of rotatable bonds is 2. The van der Waals surface area contributed by atoms with Gasteiger partial charge >= 0.3 is 0 Å². The Hall–Kier alpha value is -1.36. The molecule has 0 aromatic heterocycles. The molecule has 5 heteroatoms. The second-order valence-corrected chi connectivity index (χ2v) is 6.28. The fraction of sp³-hybridized carbons (Fsp3) is 0.462. The molecule has 1 amide bonds. The van der Waals surface area contributed by atoms with Crippen molar-refractivity contribution in [1.29, 1.82) is 0 Å². The van der Waals surface area contributed by atoms with Crippen molar-refractivity contribution in [2.45, 2.75) is 0 Å². The quantitative estimate of drug-likeness (QED) is 0.800. The van der Waals surface area contributed by atoms with Crippen molar-refractivity contribution in [1.82, 2.24) is 4.90 Å². The van der Waals surface area contributed by atoms with Crippen molar-refractivity contribution in [2.24, 2.45) is 0 Å². The lowest BCUT2D eigenvalue weighted by Gasteiger charge is -2.26. The molecule has 1 aromatic carbocycles. The van der Waals surface area contributed by atoms with E-state index in [0.29, 0.717) is 30.2 Å². The van der Waals surface area contributed by atoms with Gasteiger partial charge in [-0.3, -0.25) is 9.00 Å². The summed E-state index contributed by atoms with van der Waals surface area (Å²) in [6, 6.07) is 7.60. The lowest BCUT2D eigenvalue weighted by molar-refractivity contribution is 0.0771. The standard InChI is InChI=1S/C13H18N2O2S/c1-14(2)12-5-3-4-11(10-12)13(16)15-6-8-18(17)9-7-15/h3-5,10H,6-9H2,1-2H3. The number of hydrogen-bond acceptors (Lipinski definition) is 3. The minimum Gasteiger partial charge on any atom is -0.378 e. The van der Waals surface area contributed by atoms with E-state index in [1.807, 2.05) is 43.3 Å². The first-order valence-electron chi connectivity index (χ1n) is 5.99. The summed E-state index contributed by atoms with van der Waals surface area (Å²) in [5.74, 6) is 1.23. The third-order valence-electron chi connectivity index (χ3n) is 3.07. The average molecular weight is 266 g/mol. The van der Waals surface area contributed by atoms with Crippen LogP contribution in [0.1, 0.15) is 10.4 Å². The Morgan fingerprint density at radius 3 is 2.56 bits per heavy atom. The van der Waals surface area contributed by atoms with Gasteiger partial charge in [0.2, 0.25) is 0 Å². The highest BCUT2D eigenvalue weighted by Gasteiger charge is 2.21. The van der Waals surface area contributed by atoms with Crippen molar-refractivity contribution in [3.05, 3.63) is 29.8 Å². The van der Waals surface area contributed by atoms with Gasteiger partial charge in [-0.15, -0.1) is 0 Å². The van der Waals surface area contributed by atoms with Crippen molar-refractivity contribution in [3.63, 3.8) is 0 Å². The zero-order chi connectivity index (χ0) is 13.1. The van der Waals surface area contributed by atoms with Gasteiger partial charge in [0.15, 0.2) is 0 Å². The molecule has 0 N–H and O–H groups in total. The number of benzene rings is 1. The summed E-state index contributed by atoms with van der Waals surface area (Å²) in [5.41, 5.74) is 1.72. The SMILES string of the molecule is CN(C)c1cccc(C(=O)N2CCS(=O)CC2)c1. The smallest absolute Gasteiger partial charge is 0.253 e. The Labute approximate surface area is 110 Å². The molecule has 98 valence electrons. The molecular weight excluding hydrogens is 248 g/mol. The Kier molecular flexibility index (Phi) is 4.01. The van der Waals surface area contributed by atoms with Gasteiger partial charge in [-0.05, 0) is 18.2 Å². The van der Waals surface area contributed by atoms with E-state index in [0.717, 1.165) is 5.69 Å². The van der Waals surface area contributed by atoms with E-state index in [2.05, 4.69) is 0 Å². The molecule has 0 unspecified atom stereocenters. The monoisotopic (exact) mass is 266 g/mol. The summed E-state index contributed by atoms with van der Waals surface area (Å²) in [6.45, 7) is 1.19. The Bertz CT molecular complexity index is 464. The van der Waals surface area contributed by atoms with Gasteiger partial charge < -0.3 is 9.80 Å². The number of carbonyl (C=O) groups is 1. The van der Waals surface area contributed by atoms with Gasteiger partial charge in [-0.1, -0.05) is 6.07 Å². The molecule has 1 fully saturated rings. The van der Waals surface area contributed by atoms with Gasteiger partial charge in [-0.2, -0.15) is 0 Å². The predicted octanol–water partition coefficient (Wildman–Crippen LogP) is 0.957. The number of carbonyl (C=O) groups excluding carboxylic acids is 1. The molecule has 18 heavy (non-hydrogen) atoms. The van der Waals surface area contributed by atoms with Crippen molar-refractivity contribution in [3.8, 4) is 0 Å². The van der Waals surface area contributed by atoms with Gasteiger partial charge in [0.05, 0.1) is 0 Å². The largest absolute Gasteiger partial charge is 0.378 e. The molecule has 1 aliphatic rings. The Morgan fingerprint density at radius 1 is 1.28 bits per heavy atom.